The van der Waals surface area contributed by atoms with Crippen LogP contribution in [-0.2, 0) is 0 Å². The van der Waals surface area contributed by atoms with Gasteiger partial charge in [-0.05, 0) is 68.9 Å². The molecule has 9 unspecified atom stereocenters. The molecule has 2 heterocycles. The molecule has 0 aromatic heterocycles. The van der Waals surface area contributed by atoms with Gasteiger partial charge in [-0.15, -0.1) is 0 Å². The summed E-state index contributed by atoms with van der Waals surface area (Å²) < 4.78 is 0. The third kappa shape index (κ3) is 5.39. The maximum atomic E-state index is 5.40. The molecule has 222 valence electrons. The van der Waals surface area contributed by atoms with E-state index in [-0.39, 0.29) is 18.5 Å². The van der Waals surface area contributed by atoms with Crippen LogP contribution in [0.2, 0.25) is 0 Å². The van der Waals surface area contributed by atoms with Gasteiger partial charge in [-0.1, -0.05) is 121 Å². The van der Waals surface area contributed by atoms with Gasteiger partial charge in [0, 0.05) is 35.1 Å². The standard InChI is InChI=1S/C39H45N4/c1-3-11-27(12-4-1)28-19-21-30(22-20-28)38-40-37(29-13-5-2-6-14-29)41-39(42-38)31-23-25-32(26-24-31)43-35-17-9-7-15-33(35)34-16-8-10-18-36(34)43/h1-5,7,9,11-13,15,17-19,21,23,25-26,28,30-31,33-35,37-39,41-42H,6,8,10,14,16,20,22,24H2/q-1. The number of rotatable bonds is 5. The summed E-state index contributed by atoms with van der Waals surface area (Å²) in [5.41, 5.74) is 5.80. The molecule has 8 rings (SSSR count). The third-order valence-electron chi connectivity index (χ3n) is 10.9. The summed E-state index contributed by atoms with van der Waals surface area (Å²) in [4.78, 5) is 2.67. The first-order chi connectivity index (χ1) is 21.3. The molecule has 0 spiro atoms. The van der Waals surface area contributed by atoms with E-state index < -0.39 is 0 Å². The number of hydrogen-bond donors (Lipinski definition) is 2. The molecule has 2 aliphatic heterocycles. The zero-order chi connectivity index (χ0) is 28.6. The van der Waals surface area contributed by atoms with Gasteiger partial charge in [-0.3, -0.25) is 0 Å². The van der Waals surface area contributed by atoms with Crippen molar-refractivity contribution in [2.45, 2.75) is 81.8 Å². The summed E-state index contributed by atoms with van der Waals surface area (Å²) in [6, 6.07) is 11.4. The van der Waals surface area contributed by atoms with E-state index in [1.807, 2.05) is 0 Å². The second kappa shape index (κ2) is 12.1. The number of allylic oxidation sites excluding steroid dienone is 10. The lowest BCUT2D eigenvalue weighted by molar-refractivity contribution is 0.231. The fraction of sp³-hybridized carbons (Fsp3) is 0.436. The summed E-state index contributed by atoms with van der Waals surface area (Å²) >= 11 is 0. The van der Waals surface area contributed by atoms with Crippen LogP contribution in [0.25, 0.3) is 5.32 Å². The monoisotopic (exact) mass is 569 g/mol. The van der Waals surface area contributed by atoms with Crippen LogP contribution in [0.3, 0.4) is 0 Å². The van der Waals surface area contributed by atoms with Crippen molar-refractivity contribution >= 4 is 0 Å². The predicted octanol–water partition coefficient (Wildman–Crippen LogP) is 8.13. The minimum Gasteiger partial charge on any atom is -0.628 e. The van der Waals surface area contributed by atoms with Crippen LogP contribution >= 0.6 is 0 Å². The second-order valence-electron chi connectivity index (χ2n) is 13.4. The average Bonchev–Trinajstić information content (AvgIpc) is 3.43. The van der Waals surface area contributed by atoms with Crippen molar-refractivity contribution in [1.29, 1.82) is 0 Å². The molecule has 2 N–H and O–H groups in total. The molecule has 1 aromatic rings. The average molecular weight is 570 g/mol. The maximum Gasteiger partial charge on any atom is 0.0616 e. The largest absolute Gasteiger partial charge is 0.628 e. The topological polar surface area (TPSA) is 41.4 Å². The number of benzene rings is 1. The van der Waals surface area contributed by atoms with Crippen LogP contribution in [0.1, 0.15) is 62.8 Å². The van der Waals surface area contributed by atoms with Gasteiger partial charge < -0.3 is 20.9 Å². The molecule has 4 nitrogen and oxygen atoms in total. The van der Waals surface area contributed by atoms with Gasteiger partial charge in [-0.25, -0.2) is 0 Å². The van der Waals surface area contributed by atoms with Crippen molar-refractivity contribution in [3.8, 4) is 0 Å². The van der Waals surface area contributed by atoms with Gasteiger partial charge in [0.05, 0.1) is 12.2 Å². The van der Waals surface area contributed by atoms with E-state index in [1.165, 1.54) is 42.5 Å². The van der Waals surface area contributed by atoms with E-state index in [9.17, 15) is 0 Å². The van der Waals surface area contributed by atoms with Crippen molar-refractivity contribution in [3.63, 3.8) is 0 Å². The predicted molar refractivity (Wildman–Crippen MR) is 177 cm³/mol. The van der Waals surface area contributed by atoms with Crippen molar-refractivity contribution < 1.29 is 0 Å². The normalized spacial score (nSPS) is 38.3. The highest BCUT2D eigenvalue weighted by Gasteiger charge is 2.45. The van der Waals surface area contributed by atoms with E-state index in [0.29, 0.717) is 35.6 Å². The zero-order valence-corrected chi connectivity index (χ0v) is 25.1. The number of hydrogen-bond acceptors (Lipinski definition) is 3. The van der Waals surface area contributed by atoms with Crippen molar-refractivity contribution in [2.24, 2.45) is 23.7 Å². The highest BCUT2D eigenvalue weighted by atomic mass is 15.4. The Kier molecular flexibility index (Phi) is 7.69. The Bertz CT molecular complexity index is 1420. The SMILES string of the molecule is C1=CCCC(C2[N-]C(C3C=CC(c4ccccc4)CC3)NC(C3C=CC(N4C5=CCCCC5C5C=CC=CC54)=CC3)N2)=C1. The molecule has 4 heteroatoms. The summed E-state index contributed by atoms with van der Waals surface area (Å²) in [6.45, 7) is 0. The van der Waals surface area contributed by atoms with E-state index in [0.717, 1.165) is 25.7 Å². The molecule has 0 radical (unpaired) electrons. The number of fused-ring (bicyclic) bond motifs is 3. The molecule has 1 aromatic carbocycles. The molecule has 2 fully saturated rings. The first-order valence-corrected chi connectivity index (χ1v) is 16.9. The van der Waals surface area contributed by atoms with Crippen LogP contribution < -0.4 is 10.6 Å². The van der Waals surface area contributed by atoms with Crippen LogP contribution in [0.4, 0.5) is 0 Å². The fourth-order valence-electron chi connectivity index (χ4n) is 8.61. The molecule has 7 aliphatic rings. The Hall–Kier alpha value is -3.18. The third-order valence-corrected chi connectivity index (χ3v) is 10.9. The molecule has 0 saturated carbocycles. The number of likely N-dealkylation sites (tertiary alicyclic amines) is 1. The minimum absolute atomic E-state index is 0.0758. The quantitative estimate of drug-likeness (QED) is 0.352. The number of nitrogens with zero attached hydrogens (tertiary/aromatic N) is 2. The van der Waals surface area contributed by atoms with Gasteiger partial charge in [0.1, 0.15) is 0 Å². The molecule has 5 aliphatic carbocycles. The minimum atomic E-state index is 0.0758. The molecule has 0 bridgehead atoms. The van der Waals surface area contributed by atoms with E-state index >= 15 is 0 Å². The van der Waals surface area contributed by atoms with E-state index in [2.05, 4.69) is 125 Å². The summed E-state index contributed by atoms with van der Waals surface area (Å²) in [7, 11) is 0. The number of nitrogens with one attached hydrogen (secondary N) is 2. The lowest BCUT2D eigenvalue weighted by Gasteiger charge is -2.55. The van der Waals surface area contributed by atoms with Crippen molar-refractivity contribution in [2.75, 3.05) is 0 Å². The zero-order valence-electron chi connectivity index (χ0n) is 25.1. The molecule has 2 saturated heterocycles. The Morgan fingerprint density at radius 1 is 0.814 bits per heavy atom. The fourth-order valence-corrected chi connectivity index (χ4v) is 8.61. The lowest BCUT2D eigenvalue weighted by atomic mass is 9.81. The molecular formula is C39H45N4-. The van der Waals surface area contributed by atoms with E-state index in [4.69, 9.17) is 5.32 Å². The summed E-state index contributed by atoms with van der Waals surface area (Å²) in [5, 5.41) is 13.3. The van der Waals surface area contributed by atoms with Crippen LogP contribution in [0.5, 0.6) is 0 Å². The van der Waals surface area contributed by atoms with Gasteiger partial charge in [0.2, 0.25) is 0 Å². The van der Waals surface area contributed by atoms with Crippen molar-refractivity contribution in [1.82, 2.24) is 15.5 Å². The van der Waals surface area contributed by atoms with Crippen LogP contribution in [0.15, 0.2) is 126 Å². The molecule has 9 atom stereocenters. The van der Waals surface area contributed by atoms with Gasteiger partial charge in [0.25, 0.3) is 0 Å². The lowest BCUT2D eigenvalue weighted by Crippen LogP contribution is -2.62. The Morgan fingerprint density at radius 3 is 2.56 bits per heavy atom. The Balaban J connectivity index is 1.00. The Labute approximate surface area is 257 Å². The Morgan fingerprint density at radius 2 is 1.74 bits per heavy atom. The smallest absolute Gasteiger partial charge is 0.0616 e. The van der Waals surface area contributed by atoms with Crippen LogP contribution in [-0.4, -0.2) is 29.4 Å². The summed E-state index contributed by atoms with van der Waals surface area (Å²) in [6.07, 6.45) is 40.8. The highest BCUT2D eigenvalue weighted by molar-refractivity contribution is 5.39. The highest BCUT2D eigenvalue weighted by Crippen LogP contribution is 2.48. The first kappa shape index (κ1) is 27.4. The van der Waals surface area contributed by atoms with Gasteiger partial charge in [-0.2, -0.15) is 0 Å². The molecule has 43 heavy (non-hydrogen) atoms. The van der Waals surface area contributed by atoms with Gasteiger partial charge in [0.15, 0.2) is 0 Å². The first-order valence-electron chi connectivity index (χ1n) is 16.9. The second-order valence-corrected chi connectivity index (χ2v) is 13.4. The van der Waals surface area contributed by atoms with Crippen LogP contribution in [0, 0.1) is 23.7 Å². The molecule has 0 amide bonds. The maximum absolute atomic E-state index is 5.40. The molecular weight excluding hydrogens is 524 g/mol. The van der Waals surface area contributed by atoms with E-state index in [1.54, 1.807) is 5.70 Å². The summed E-state index contributed by atoms with van der Waals surface area (Å²) in [5.74, 6) is 2.61. The van der Waals surface area contributed by atoms with Crippen molar-refractivity contribution in [3.05, 3.63) is 137 Å². The van der Waals surface area contributed by atoms with Gasteiger partial charge >= 0.3 is 0 Å².